The van der Waals surface area contributed by atoms with Crippen LogP contribution in [0.15, 0.2) is 55.0 Å². The van der Waals surface area contributed by atoms with Crippen molar-refractivity contribution in [3.8, 4) is 10.4 Å². The lowest BCUT2D eigenvalue weighted by molar-refractivity contribution is 0.0383. The lowest BCUT2D eigenvalue weighted by atomic mass is 10.2. The minimum absolute atomic E-state index is 0.219. The first-order chi connectivity index (χ1) is 22.1. The Morgan fingerprint density at radius 2 is 1.39 bits per heavy atom. The van der Waals surface area contributed by atoms with Crippen molar-refractivity contribution >= 4 is 73.7 Å². The summed E-state index contributed by atoms with van der Waals surface area (Å²) in [6.07, 6.45) is 5.21. The number of halogens is 2. The molecule has 0 saturated carbocycles. The molecule has 240 valence electrons. The fourth-order valence-electron chi connectivity index (χ4n) is 5.49. The van der Waals surface area contributed by atoms with Crippen molar-refractivity contribution in [1.82, 2.24) is 23.9 Å². The summed E-state index contributed by atoms with van der Waals surface area (Å²) >= 11 is 14.4. The van der Waals surface area contributed by atoms with Gasteiger partial charge in [-0.05, 0) is 30.3 Å². The number of ether oxygens (including phenoxy) is 1. The number of hydrogen-bond donors (Lipinski definition) is 3. The van der Waals surface area contributed by atoms with Gasteiger partial charge in [-0.2, -0.15) is 0 Å². The van der Waals surface area contributed by atoms with Crippen LogP contribution in [0.4, 0.5) is 11.4 Å². The van der Waals surface area contributed by atoms with E-state index in [0.29, 0.717) is 58.3 Å². The maximum atomic E-state index is 13.3. The van der Waals surface area contributed by atoms with Crippen molar-refractivity contribution in [2.24, 2.45) is 21.1 Å². The molecule has 3 amide bonds. The summed E-state index contributed by atoms with van der Waals surface area (Å²) in [4.78, 5) is 42.4. The van der Waals surface area contributed by atoms with E-state index in [4.69, 9.17) is 27.9 Å². The Hall–Kier alpha value is -4.07. The third kappa shape index (κ3) is 6.72. The van der Waals surface area contributed by atoms with E-state index < -0.39 is 0 Å². The van der Waals surface area contributed by atoms with Gasteiger partial charge in [-0.1, -0.05) is 29.3 Å². The van der Waals surface area contributed by atoms with Crippen LogP contribution < -0.4 is 16.0 Å². The highest BCUT2D eigenvalue weighted by atomic mass is 35.5. The molecule has 0 atom stereocenters. The Kier molecular flexibility index (Phi) is 9.25. The molecule has 11 nitrogen and oxygen atoms in total. The van der Waals surface area contributed by atoms with Crippen LogP contribution in [-0.4, -0.2) is 75.7 Å². The van der Waals surface area contributed by atoms with Gasteiger partial charge in [0.2, 0.25) is 0 Å². The maximum Gasteiger partial charge on any atom is 0.272 e. The largest absolute Gasteiger partial charge is 0.379 e. The number of benzene rings is 1. The van der Waals surface area contributed by atoms with Crippen LogP contribution in [0.5, 0.6) is 0 Å². The van der Waals surface area contributed by atoms with E-state index >= 15 is 0 Å². The van der Waals surface area contributed by atoms with Crippen LogP contribution >= 0.6 is 34.5 Å². The van der Waals surface area contributed by atoms with Crippen molar-refractivity contribution in [1.29, 1.82) is 0 Å². The molecule has 5 heterocycles. The Balaban J connectivity index is 1.09. The normalized spacial score (nSPS) is 13.7. The van der Waals surface area contributed by atoms with Gasteiger partial charge in [0.15, 0.2) is 0 Å². The molecule has 1 saturated heterocycles. The summed E-state index contributed by atoms with van der Waals surface area (Å²) in [6.45, 7) is 4.38. The van der Waals surface area contributed by atoms with E-state index in [9.17, 15) is 14.4 Å². The van der Waals surface area contributed by atoms with E-state index in [1.807, 2.05) is 18.3 Å². The molecule has 1 fully saturated rings. The zero-order valence-electron chi connectivity index (χ0n) is 25.5. The van der Waals surface area contributed by atoms with E-state index in [-0.39, 0.29) is 17.7 Å². The van der Waals surface area contributed by atoms with E-state index in [2.05, 4.69) is 20.9 Å². The highest BCUT2D eigenvalue weighted by Gasteiger charge is 2.21. The number of rotatable bonds is 9. The predicted octanol–water partition coefficient (Wildman–Crippen LogP) is 5.46. The lowest BCUT2D eigenvalue weighted by Gasteiger charge is -2.26. The third-order valence-corrected chi connectivity index (χ3v) is 9.84. The number of aryl methyl sites for hydroxylation is 3. The number of nitrogens with one attached hydrogen (secondary N) is 3. The van der Waals surface area contributed by atoms with Gasteiger partial charge < -0.3 is 34.4 Å². The minimum atomic E-state index is -0.381. The van der Waals surface area contributed by atoms with E-state index in [1.165, 1.54) is 11.3 Å². The molecule has 1 aliphatic rings. The number of carbonyl (C=O) groups is 3. The number of amides is 3. The van der Waals surface area contributed by atoms with E-state index in [1.54, 1.807) is 71.5 Å². The van der Waals surface area contributed by atoms with Crippen LogP contribution in [0, 0.1) is 0 Å². The number of fused-ring (bicyclic) bond motifs is 1. The minimum Gasteiger partial charge on any atom is -0.379 e. The third-order valence-electron chi connectivity index (χ3n) is 7.90. The number of anilines is 2. The van der Waals surface area contributed by atoms with Crippen molar-refractivity contribution in [2.45, 2.75) is 0 Å². The van der Waals surface area contributed by atoms with Gasteiger partial charge in [0.1, 0.15) is 17.1 Å². The molecule has 0 radical (unpaired) electrons. The molecule has 0 spiro atoms. The Labute approximate surface area is 279 Å². The zero-order chi connectivity index (χ0) is 32.5. The molecule has 0 aliphatic carbocycles. The molecule has 3 N–H and O–H groups in total. The fourth-order valence-corrected chi connectivity index (χ4v) is 7.29. The second-order valence-electron chi connectivity index (χ2n) is 11.2. The summed E-state index contributed by atoms with van der Waals surface area (Å²) in [6, 6.07) is 10.6. The summed E-state index contributed by atoms with van der Waals surface area (Å²) in [5, 5.41) is 10.8. The van der Waals surface area contributed by atoms with Crippen LogP contribution in [0.2, 0.25) is 10.0 Å². The number of morpholine rings is 1. The molecular formula is C32H33Cl2N7O4S. The topological polar surface area (TPSA) is 115 Å². The first kappa shape index (κ1) is 31.9. The summed E-state index contributed by atoms with van der Waals surface area (Å²) in [5.41, 5.74) is 2.95. The Morgan fingerprint density at radius 1 is 0.804 bits per heavy atom. The quantitative estimate of drug-likeness (QED) is 0.191. The van der Waals surface area contributed by atoms with Crippen molar-refractivity contribution < 1.29 is 19.1 Å². The number of hydrogen-bond acceptors (Lipinski definition) is 6. The van der Waals surface area contributed by atoms with Crippen molar-refractivity contribution in [3.05, 3.63) is 82.1 Å². The number of aromatic nitrogens is 3. The van der Waals surface area contributed by atoms with E-state index in [0.717, 1.165) is 40.2 Å². The molecule has 5 aromatic rings. The van der Waals surface area contributed by atoms with Crippen LogP contribution in [-0.2, 0) is 25.9 Å². The molecule has 0 unspecified atom stereocenters. The fraction of sp³-hybridized carbons (Fsp3) is 0.281. The van der Waals surface area contributed by atoms with Gasteiger partial charge in [0, 0.05) is 86.6 Å². The summed E-state index contributed by atoms with van der Waals surface area (Å²) < 4.78 is 11.4. The molecule has 6 rings (SSSR count). The van der Waals surface area contributed by atoms with Crippen LogP contribution in [0.25, 0.3) is 20.5 Å². The van der Waals surface area contributed by atoms with Crippen LogP contribution in [0.3, 0.4) is 0 Å². The summed E-state index contributed by atoms with van der Waals surface area (Å²) in [7, 11) is 5.26. The maximum absolute atomic E-state index is 13.3. The van der Waals surface area contributed by atoms with Crippen molar-refractivity contribution in [3.63, 3.8) is 0 Å². The number of carbonyl (C=O) groups excluding carboxylic acids is 3. The van der Waals surface area contributed by atoms with Crippen molar-refractivity contribution in [2.75, 3.05) is 50.0 Å². The van der Waals surface area contributed by atoms with Gasteiger partial charge in [0.25, 0.3) is 17.7 Å². The Morgan fingerprint density at radius 3 is 2.04 bits per heavy atom. The Bertz CT molecular complexity index is 1950. The smallest absolute Gasteiger partial charge is 0.272 e. The van der Waals surface area contributed by atoms with Crippen LogP contribution in [0.1, 0.15) is 31.5 Å². The molecule has 14 heteroatoms. The molecule has 4 aromatic heterocycles. The monoisotopic (exact) mass is 681 g/mol. The van der Waals surface area contributed by atoms with Gasteiger partial charge in [-0.15, -0.1) is 11.3 Å². The standard InChI is InChI=1S/C32H33Cl2N7O4S/c1-38-16-19(29-28(34)23-5-4-20(33)13-27(23)46-29)12-24(38)31(43)36-22-15-26(40(3)18-22)32(44)37-21-14-25(39(2)17-21)30(42)35-6-7-41-8-10-45-11-9-41/h4-5,12-18H,6-11H2,1-3H3,(H,35,42)(H,36,43)(H,37,44). The predicted molar refractivity (Wildman–Crippen MR) is 183 cm³/mol. The molecule has 46 heavy (non-hydrogen) atoms. The molecule has 1 aliphatic heterocycles. The van der Waals surface area contributed by atoms with Gasteiger partial charge in [-0.3, -0.25) is 19.3 Å². The molecule has 0 bridgehead atoms. The highest BCUT2D eigenvalue weighted by Crippen LogP contribution is 2.43. The lowest BCUT2D eigenvalue weighted by Crippen LogP contribution is -2.41. The molecular weight excluding hydrogens is 649 g/mol. The average Bonchev–Trinajstić information content (AvgIpc) is 3.77. The van der Waals surface area contributed by atoms with Gasteiger partial charge >= 0.3 is 0 Å². The molecule has 1 aromatic carbocycles. The van der Waals surface area contributed by atoms with Gasteiger partial charge in [0.05, 0.1) is 34.5 Å². The second-order valence-corrected chi connectivity index (χ2v) is 13.0. The zero-order valence-corrected chi connectivity index (χ0v) is 27.9. The number of thiophene rings is 1. The van der Waals surface area contributed by atoms with Gasteiger partial charge in [-0.25, -0.2) is 0 Å². The first-order valence-electron chi connectivity index (χ1n) is 14.7. The summed E-state index contributed by atoms with van der Waals surface area (Å²) in [5.74, 6) is -0.935. The SMILES string of the molecule is Cn1cc(NC(=O)c2cc(NC(=O)c3cc(-c4sc5cc(Cl)ccc5c4Cl)cn3C)cn2C)cc1C(=O)NCCN1CCOCC1. The highest BCUT2D eigenvalue weighted by molar-refractivity contribution is 7.23. The number of nitrogens with zero attached hydrogens (tertiary/aromatic N) is 4. The first-order valence-corrected chi connectivity index (χ1v) is 16.2. The average molecular weight is 683 g/mol. The second kappa shape index (κ2) is 13.3.